The summed E-state index contributed by atoms with van der Waals surface area (Å²) in [6.45, 7) is 13.5. The highest BCUT2D eigenvalue weighted by Crippen LogP contribution is 2.53. The molecule has 4 aromatic heterocycles. The molecular formula is C70H52N2. The number of fused-ring (bicyclic) bond motifs is 14. The van der Waals surface area contributed by atoms with Gasteiger partial charge in [-0.05, 0) is 100 Å². The predicted molar refractivity (Wildman–Crippen MR) is 310 cm³/mol. The zero-order valence-corrected chi connectivity index (χ0v) is 40.8. The van der Waals surface area contributed by atoms with Crippen LogP contribution in [0.15, 0.2) is 206 Å². The Labute approximate surface area is 432 Å². The average molecular weight is 931 g/mol. The third-order valence-corrected chi connectivity index (χ3v) is 15.6. The van der Waals surface area contributed by atoms with E-state index in [1.54, 1.807) is 0 Å². The highest BCUT2D eigenvalue weighted by molar-refractivity contribution is 6.33. The van der Waals surface area contributed by atoms with E-state index in [-0.39, 0.29) is 70.3 Å². The quantitative estimate of drug-likeness (QED) is 0.166. The Morgan fingerprint density at radius 1 is 0.333 bits per heavy atom. The van der Waals surface area contributed by atoms with Crippen LogP contribution in [0.4, 0.5) is 0 Å². The lowest BCUT2D eigenvalue weighted by Gasteiger charge is -2.21. The second-order valence-corrected chi connectivity index (χ2v) is 21.6. The first-order chi connectivity index (χ1) is 39.2. The zero-order chi connectivity index (χ0) is 57.1. The third kappa shape index (κ3) is 5.55. The molecular weight excluding hydrogens is 869 g/mol. The van der Waals surface area contributed by atoms with E-state index in [2.05, 4.69) is 147 Å². The van der Waals surface area contributed by atoms with E-state index >= 15 is 0 Å². The molecule has 4 heterocycles. The van der Waals surface area contributed by atoms with E-state index < -0.39 is 12.1 Å². The highest BCUT2D eigenvalue weighted by Gasteiger charge is 2.31. The van der Waals surface area contributed by atoms with Crippen molar-refractivity contribution >= 4 is 97.7 Å². The highest BCUT2D eigenvalue weighted by atomic mass is 14.9. The fraction of sp³-hybridized carbons (Fsp3) is 0.114. The van der Waals surface area contributed by atoms with Crippen molar-refractivity contribution in [3.8, 4) is 44.5 Å². The summed E-state index contributed by atoms with van der Waals surface area (Å²) in [5.41, 5.74) is 12.9. The van der Waals surface area contributed by atoms with Crippen LogP contribution in [0, 0.1) is 0 Å². The van der Waals surface area contributed by atoms with Gasteiger partial charge in [-0.1, -0.05) is 235 Å². The summed E-state index contributed by atoms with van der Waals surface area (Å²) in [5, 5.41) is 11.7. The minimum Gasteiger partial charge on any atom is -0.308 e. The maximum absolute atomic E-state index is 9.33. The lowest BCUT2D eigenvalue weighted by Crippen LogP contribution is -2.12. The van der Waals surface area contributed by atoms with Gasteiger partial charge in [0.05, 0.1) is 46.8 Å². The van der Waals surface area contributed by atoms with Gasteiger partial charge in [-0.3, -0.25) is 0 Å². The Hall–Kier alpha value is -8.46. The Balaban J connectivity index is 1.10. The van der Waals surface area contributed by atoms with Crippen molar-refractivity contribution in [2.75, 3.05) is 0 Å². The first-order valence-corrected chi connectivity index (χ1v) is 24.8. The number of rotatable bonds is 4. The number of hydrogen-bond acceptors (Lipinski definition) is 0. The maximum Gasteiger partial charge on any atom is 0.0629 e. The van der Waals surface area contributed by atoms with Gasteiger partial charge in [0.2, 0.25) is 0 Å². The van der Waals surface area contributed by atoms with Gasteiger partial charge >= 0.3 is 0 Å². The van der Waals surface area contributed by atoms with E-state index in [1.807, 2.05) is 48.5 Å². The number of aromatic nitrogens is 2. The van der Waals surface area contributed by atoms with Crippen molar-refractivity contribution in [3.05, 3.63) is 217 Å². The van der Waals surface area contributed by atoms with Crippen LogP contribution in [0.2, 0.25) is 0 Å². The fourth-order valence-electron chi connectivity index (χ4n) is 12.6. The molecule has 0 aliphatic rings. The maximum atomic E-state index is 9.33. The largest absolute Gasteiger partial charge is 0.308 e. The normalized spacial score (nSPS) is 14.8. The van der Waals surface area contributed by atoms with Crippen molar-refractivity contribution in [2.45, 2.75) is 52.4 Å². The second-order valence-electron chi connectivity index (χ2n) is 21.6. The van der Waals surface area contributed by atoms with E-state index in [1.165, 1.54) is 11.1 Å². The second kappa shape index (κ2) is 14.6. The van der Waals surface area contributed by atoms with E-state index in [0.717, 1.165) is 120 Å². The third-order valence-electron chi connectivity index (χ3n) is 15.6. The molecule has 11 aromatic carbocycles. The molecule has 0 unspecified atom stereocenters. The summed E-state index contributed by atoms with van der Waals surface area (Å²) in [6, 6.07) is 47.1. The molecule has 72 heavy (non-hydrogen) atoms. The number of benzene rings is 11. The van der Waals surface area contributed by atoms with Crippen LogP contribution in [-0.4, -0.2) is 8.80 Å². The minimum absolute atomic E-state index is 0.163. The molecule has 0 aliphatic heterocycles. The molecule has 0 aliphatic carbocycles. The smallest absolute Gasteiger partial charge is 0.0629 e. The van der Waals surface area contributed by atoms with Gasteiger partial charge in [-0.25, -0.2) is 0 Å². The van der Waals surface area contributed by atoms with Crippen LogP contribution in [-0.2, 0) is 10.8 Å². The van der Waals surface area contributed by atoms with Crippen molar-refractivity contribution in [2.24, 2.45) is 0 Å². The monoisotopic (exact) mass is 930 g/mol. The lowest BCUT2D eigenvalue weighted by atomic mass is 9.84. The summed E-state index contributed by atoms with van der Waals surface area (Å²) in [5.74, 6) is 0. The zero-order valence-electron chi connectivity index (χ0n) is 50.8. The number of hydrogen-bond donors (Lipinski definition) is 0. The summed E-state index contributed by atoms with van der Waals surface area (Å²) in [4.78, 5) is 0. The molecule has 15 aromatic rings. The SMILES string of the molecule is [2H]c1c([2H])c([2H])c(-c2c(-c3ccc4c5cc6c(cc5n5c7c(C(C)(C)C)cccc7c3c45)c3ccc(-c4ccc5ccccc5c4-c4c([2H])c([2H])c([2H])c([2H])c4[2H])c4c5cccc(C(C)(C)C)c5n6c34)ccc3ccccc23)c([2H])c1[2H]. The van der Waals surface area contributed by atoms with Gasteiger partial charge in [0.25, 0.3) is 0 Å². The summed E-state index contributed by atoms with van der Waals surface area (Å²) in [6.07, 6.45) is 0. The van der Waals surface area contributed by atoms with E-state index in [9.17, 15) is 5.48 Å². The van der Waals surface area contributed by atoms with Crippen molar-refractivity contribution < 1.29 is 13.7 Å². The van der Waals surface area contributed by atoms with Crippen LogP contribution in [0.3, 0.4) is 0 Å². The van der Waals surface area contributed by atoms with Gasteiger partial charge in [0, 0.05) is 43.1 Å². The molecule has 2 heteroatoms. The van der Waals surface area contributed by atoms with Gasteiger partial charge in [0.15, 0.2) is 0 Å². The molecule has 0 radical (unpaired) electrons. The predicted octanol–water partition coefficient (Wildman–Crippen LogP) is 19.6. The molecule has 0 spiro atoms. The Morgan fingerprint density at radius 3 is 1.14 bits per heavy atom. The molecule has 0 saturated heterocycles. The van der Waals surface area contributed by atoms with E-state index in [0.29, 0.717) is 11.1 Å². The molecule has 0 bridgehead atoms. The lowest BCUT2D eigenvalue weighted by molar-refractivity contribution is 0.594. The molecule has 0 atom stereocenters. The van der Waals surface area contributed by atoms with Crippen molar-refractivity contribution in [1.29, 1.82) is 0 Å². The van der Waals surface area contributed by atoms with Crippen molar-refractivity contribution in [3.63, 3.8) is 0 Å². The van der Waals surface area contributed by atoms with Crippen LogP contribution >= 0.6 is 0 Å². The van der Waals surface area contributed by atoms with Gasteiger partial charge in [-0.2, -0.15) is 0 Å². The molecule has 342 valence electrons. The molecule has 15 rings (SSSR count). The van der Waals surface area contributed by atoms with Gasteiger partial charge in [0.1, 0.15) is 0 Å². The van der Waals surface area contributed by atoms with Crippen LogP contribution < -0.4 is 0 Å². The Kier molecular flexibility index (Phi) is 6.56. The Morgan fingerprint density at radius 2 is 0.722 bits per heavy atom. The topological polar surface area (TPSA) is 8.82 Å². The fourth-order valence-corrected chi connectivity index (χ4v) is 12.6. The number of nitrogens with zero attached hydrogens (tertiary/aromatic N) is 2. The van der Waals surface area contributed by atoms with E-state index in [4.69, 9.17) is 8.22 Å². The first kappa shape index (κ1) is 32.4. The summed E-state index contributed by atoms with van der Waals surface area (Å²) in [7, 11) is 0. The summed E-state index contributed by atoms with van der Waals surface area (Å²) < 4.78 is 94.6. The minimum atomic E-state index is -0.432. The van der Waals surface area contributed by atoms with Crippen LogP contribution in [0.1, 0.15) is 66.4 Å². The molecule has 0 fully saturated rings. The van der Waals surface area contributed by atoms with Gasteiger partial charge in [-0.15, -0.1) is 0 Å². The molecule has 0 saturated carbocycles. The molecule has 0 N–H and O–H groups in total. The Bertz CT molecular complexity index is 4970. The number of para-hydroxylation sites is 2. The first-order valence-electron chi connectivity index (χ1n) is 29.8. The van der Waals surface area contributed by atoms with Crippen LogP contribution in [0.25, 0.3) is 142 Å². The summed E-state index contributed by atoms with van der Waals surface area (Å²) >= 11 is 0. The molecule has 2 nitrogen and oxygen atoms in total. The standard InChI is InChI=1S/C70H52N2/c1-69(2,3)57-29-17-27-53-63-49(47-33-31-41-19-13-15-25-45(41)61(47)43-21-9-7-10-22-43)35-37-51-55-40-60-56(39-59(55)71(65(53)57)67(51)63)52-38-36-50(64-54-28-18-30-58(70(4,5)6)66(54)72(60)68(52)64)48-34-32-42-20-14-16-26-46(42)62(48)44-23-11-8-12-24-44/h7-40H,1-6H3/i7D,8D,9D,10D,11D,12D,21D,22D,23D,24D. The van der Waals surface area contributed by atoms with Crippen LogP contribution in [0.5, 0.6) is 0 Å². The average Bonchev–Trinajstić information content (AvgIpc) is 1.70. The molecule has 0 amide bonds. The van der Waals surface area contributed by atoms with Crippen molar-refractivity contribution in [1.82, 2.24) is 8.80 Å². The van der Waals surface area contributed by atoms with Gasteiger partial charge < -0.3 is 8.80 Å².